The van der Waals surface area contributed by atoms with Gasteiger partial charge in [0.2, 0.25) is 5.91 Å². The van der Waals surface area contributed by atoms with Gasteiger partial charge in [0.05, 0.1) is 32.0 Å². The molecule has 0 aliphatic carbocycles. The zero-order valence-corrected chi connectivity index (χ0v) is 14.1. The van der Waals surface area contributed by atoms with Crippen LogP contribution in [0.4, 0.5) is 5.69 Å². The molecule has 2 aromatic rings. The van der Waals surface area contributed by atoms with Gasteiger partial charge in [-0.25, -0.2) is 0 Å². The third-order valence-electron chi connectivity index (χ3n) is 4.95. The Morgan fingerprint density at radius 3 is 2.72 bits per heavy atom. The van der Waals surface area contributed by atoms with Gasteiger partial charge in [-0.3, -0.25) is 14.5 Å². The summed E-state index contributed by atoms with van der Waals surface area (Å²) in [5.41, 5.74) is 1.51. The maximum absolute atomic E-state index is 12.7. The standard InChI is InChI=1S/C19H21N3O3/c23-17(20-7-8-21-9-11-25-12-10-21)13-22-16-6-2-4-14-3-1-5-15(18(14)16)19(22)24/h1-6H,7-13H2,(H,20,23)/p+1. The number of nitrogens with one attached hydrogen (secondary N) is 2. The average Bonchev–Trinajstić information content (AvgIpc) is 2.91. The van der Waals surface area contributed by atoms with Crippen LogP contribution in [0.1, 0.15) is 10.4 Å². The van der Waals surface area contributed by atoms with Crippen molar-refractivity contribution in [2.24, 2.45) is 0 Å². The minimum atomic E-state index is -0.120. The van der Waals surface area contributed by atoms with Gasteiger partial charge in [-0.15, -0.1) is 0 Å². The van der Waals surface area contributed by atoms with Gasteiger partial charge in [-0.2, -0.15) is 0 Å². The van der Waals surface area contributed by atoms with Crippen LogP contribution in [0.5, 0.6) is 0 Å². The fourth-order valence-corrected chi connectivity index (χ4v) is 3.62. The highest BCUT2D eigenvalue weighted by Gasteiger charge is 2.30. The molecule has 0 saturated carbocycles. The van der Waals surface area contributed by atoms with Crippen LogP contribution in [0.25, 0.3) is 10.8 Å². The minimum Gasteiger partial charge on any atom is -0.370 e. The fraction of sp³-hybridized carbons (Fsp3) is 0.368. The number of hydrogen-bond acceptors (Lipinski definition) is 3. The Bertz CT molecular complexity index is 809. The number of benzene rings is 2. The molecular formula is C19H22N3O3+. The molecular weight excluding hydrogens is 318 g/mol. The van der Waals surface area contributed by atoms with Gasteiger partial charge in [0.1, 0.15) is 19.6 Å². The first-order valence-corrected chi connectivity index (χ1v) is 8.75. The molecule has 6 heteroatoms. The molecule has 0 atom stereocenters. The number of hydrogen-bond donors (Lipinski definition) is 2. The third-order valence-corrected chi connectivity index (χ3v) is 4.95. The number of anilines is 1. The number of rotatable bonds is 5. The number of morpholine rings is 1. The maximum atomic E-state index is 12.7. The normalized spacial score (nSPS) is 17.3. The second kappa shape index (κ2) is 6.82. The van der Waals surface area contributed by atoms with Gasteiger partial charge in [0.25, 0.3) is 5.91 Å². The van der Waals surface area contributed by atoms with Gasteiger partial charge < -0.3 is 15.0 Å². The SMILES string of the molecule is O=C(CN1C(=O)c2cccc3cccc1c23)NCC[NH+]1CCOCC1. The fourth-order valence-electron chi connectivity index (χ4n) is 3.62. The molecule has 6 nitrogen and oxygen atoms in total. The van der Waals surface area contributed by atoms with Crippen LogP contribution in [0, 0.1) is 0 Å². The molecule has 0 bridgehead atoms. The monoisotopic (exact) mass is 340 g/mol. The summed E-state index contributed by atoms with van der Waals surface area (Å²) < 4.78 is 5.33. The summed E-state index contributed by atoms with van der Waals surface area (Å²) in [6.07, 6.45) is 0. The van der Waals surface area contributed by atoms with Crippen molar-refractivity contribution >= 4 is 28.3 Å². The van der Waals surface area contributed by atoms with E-state index in [1.54, 1.807) is 4.90 Å². The molecule has 25 heavy (non-hydrogen) atoms. The number of nitrogens with zero attached hydrogens (tertiary/aromatic N) is 1. The number of carbonyl (C=O) groups is 2. The molecule has 0 spiro atoms. The molecule has 130 valence electrons. The van der Waals surface area contributed by atoms with Gasteiger partial charge >= 0.3 is 0 Å². The lowest BCUT2D eigenvalue weighted by molar-refractivity contribution is -0.906. The molecule has 2 aliphatic rings. The lowest BCUT2D eigenvalue weighted by Gasteiger charge is -2.24. The summed E-state index contributed by atoms with van der Waals surface area (Å²) in [6.45, 7) is 5.11. The molecule has 1 fully saturated rings. The molecule has 1 saturated heterocycles. The van der Waals surface area contributed by atoms with Crippen LogP contribution < -0.4 is 15.1 Å². The second-order valence-corrected chi connectivity index (χ2v) is 6.53. The number of carbonyl (C=O) groups excluding carboxylic acids is 2. The molecule has 0 radical (unpaired) electrons. The van der Waals surface area contributed by atoms with E-state index in [1.807, 2.05) is 36.4 Å². The average molecular weight is 340 g/mol. The molecule has 2 aromatic carbocycles. The maximum Gasteiger partial charge on any atom is 0.259 e. The van der Waals surface area contributed by atoms with Crippen molar-refractivity contribution in [3.05, 3.63) is 42.0 Å². The summed E-state index contributed by atoms with van der Waals surface area (Å²) in [6, 6.07) is 11.5. The van der Waals surface area contributed by atoms with Crippen LogP contribution in [0.3, 0.4) is 0 Å². The van der Waals surface area contributed by atoms with Crippen LogP contribution in [-0.4, -0.2) is 57.8 Å². The number of ether oxygens (including phenoxy) is 1. The van der Waals surface area contributed by atoms with E-state index in [2.05, 4.69) is 5.32 Å². The van der Waals surface area contributed by atoms with E-state index in [1.165, 1.54) is 4.90 Å². The van der Waals surface area contributed by atoms with E-state index < -0.39 is 0 Å². The highest BCUT2D eigenvalue weighted by Crippen LogP contribution is 2.36. The molecule has 0 unspecified atom stereocenters. The Balaban J connectivity index is 1.39. The lowest BCUT2D eigenvalue weighted by Crippen LogP contribution is -3.14. The Morgan fingerprint density at radius 2 is 1.92 bits per heavy atom. The van der Waals surface area contributed by atoms with Crippen LogP contribution in [-0.2, 0) is 9.53 Å². The molecule has 2 heterocycles. The lowest BCUT2D eigenvalue weighted by atomic mass is 10.1. The largest absolute Gasteiger partial charge is 0.370 e. The predicted molar refractivity (Wildman–Crippen MR) is 95.0 cm³/mol. The van der Waals surface area contributed by atoms with Crippen molar-refractivity contribution in [2.75, 3.05) is 50.8 Å². The number of quaternary nitrogens is 1. The first kappa shape index (κ1) is 16.1. The molecule has 0 aromatic heterocycles. The Kier molecular flexibility index (Phi) is 4.38. The van der Waals surface area contributed by atoms with Crippen LogP contribution >= 0.6 is 0 Å². The molecule has 2 amide bonds. The zero-order valence-electron chi connectivity index (χ0n) is 14.1. The third kappa shape index (κ3) is 3.10. The smallest absolute Gasteiger partial charge is 0.259 e. The summed E-state index contributed by atoms with van der Waals surface area (Å²) in [5.74, 6) is -0.216. The van der Waals surface area contributed by atoms with E-state index in [0.717, 1.165) is 49.3 Å². The second-order valence-electron chi connectivity index (χ2n) is 6.53. The van der Waals surface area contributed by atoms with Crippen molar-refractivity contribution < 1.29 is 19.2 Å². The van der Waals surface area contributed by atoms with E-state index in [0.29, 0.717) is 12.1 Å². The first-order chi connectivity index (χ1) is 12.2. The molecule has 2 aliphatic heterocycles. The molecule has 2 N–H and O–H groups in total. The summed E-state index contributed by atoms with van der Waals surface area (Å²) in [7, 11) is 0. The van der Waals surface area contributed by atoms with Crippen molar-refractivity contribution in [3.63, 3.8) is 0 Å². The van der Waals surface area contributed by atoms with Gasteiger partial charge in [-0.1, -0.05) is 24.3 Å². The van der Waals surface area contributed by atoms with Crippen LogP contribution in [0.15, 0.2) is 36.4 Å². The Hall–Kier alpha value is -2.44. The van der Waals surface area contributed by atoms with Gasteiger partial charge in [0, 0.05) is 10.9 Å². The topological polar surface area (TPSA) is 63.1 Å². The highest BCUT2D eigenvalue weighted by molar-refractivity contribution is 6.26. The van der Waals surface area contributed by atoms with Crippen molar-refractivity contribution in [3.8, 4) is 0 Å². The van der Waals surface area contributed by atoms with Crippen molar-refractivity contribution in [2.45, 2.75) is 0 Å². The quantitative estimate of drug-likeness (QED) is 0.795. The van der Waals surface area contributed by atoms with Gasteiger partial charge in [0.15, 0.2) is 0 Å². The minimum absolute atomic E-state index is 0.0606. The predicted octanol–water partition coefficient (Wildman–Crippen LogP) is -0.169. The Morgan fingerprint density at radius 1 is 1.16 bits per heavy atom. The summed E-state index contributed by atoms with van der Waals surface area (Å²) >= 11 is 0. The van der Waals surface area contributed by atoms with E-state index in [9.17, 15) is 9.59 Å². The Labute approximate surface area is 146 Å². The summed E-state index contributed by atoms with van der Waals surface area (Å²) in [5, 5.41) is 4.92. The van der Waals surface area contributed by atoms with Crippen molar-refractivity contribution in [1.29, 1.82) is 0 Å². The zero-order chi connectivity index (χ0) is 17.2. The van der Waals surface area contributed by atoms with Gasteiger partial charge in [-0.05, 0) is 17.5 Å². The first-order valence-electron chi connectivity index (χ1n) is 8.75. The number of amides is 2. The van der Waals surface area contributed by atoms with E-state index in [-0.39, 0.29) is 18.4 Å². The van der Waals surface area contributed by atoms with Crippen LogP contribution in [0.2, 0.25) is 0 Å². The van der Waals surface area contributed by atoms with E-state index >= 15 is 0 Å². The van der Waals surface area contributed by atoms with E-state index in [4.69, 9.17) is 4.74 Å². The molecule has 4 rings (SSSR count). The summed E-state index contributed by atoms with van der Waals surface area (Å²) in [4.78, 5) is 28.0. The van der Waals surface area contributed by atoms with Crippen molar-refractivity contribution in [1.82, 2.24) is 5.32 Å². The highest BCUT2D eigenvalue weighted by atomic mass is 16.5.